The number of ketones is 1. The Labute approximate surface area is 115 Å². The predicted molar refractivity (Wildman–Crippen MR) is 78.5 cm³/mol. The van der Waals surface area contributed by atoms with Crippen molar-refractivity contribution in [2.75, 3.05) is 0 Å². The van der Waals surface area contributed by atoms with Gasteiger partial charge in [-0.15, -0.1) is 0 Å². The maximum Gasteiger partial charge on any atom is 0.139 e. The molecule has 19 heavy (non-hydrogen) atoms. The summed E-state index contributed by atoms with van der Waals surface area (Å²) in [6.07, 6.45) is 4.13. The molecule has 0 saturated carbocycles. The highest BCUT2D eigenvalue weighted by Gasteiger charge is 2.09. The van der Waals surface area contributed by atoms with Crippen LogP contribution in [0.5, 0.6) is 0 Å². The Kier molecular flexibility index (Phi) is 6.00. The monoisotopic (exact) mass is 258 g/mol. The predicted octanol–water partition coefficient (Wildman–Crippen LogP) is 3.67. The van der Waals surface area contributed by atoms with Crippen molar-refractivity contribution >= 4 is 5.78 Å². The summed E-state index contributed by atoms with van der Waals surface area (Å²) < 4.78 is 1.79. The van der Waals surface area contributed by atoms with Crippen LogP contribution < -0.4 is 0 Å². The topological polar surface area (TPSA) is 34.9 Å². The second-order valence-corrected chi connectivity index (χ2v) is 4.43. The molecule has 3 nitrogen and oxygen atoms in total. The van der Waals surface area contributed by atoms with Crippen LogP contribution >= 0.6 is 0 Å². The molecule has 0 unspecified atom stereocenters. The van der Waals surface area contributed by atoms with Crippen molar-refractivity contribution in [2.24, 2.45) is 5.92 Å². The van der Waals surface area contributed by atoms with Gasteiger partial charge in [0.2, 0.25) is 0 Å². The number of Topliss-reactive ketones (excluding diaryl/α,β-unsaturated/α-hetero) is 1. The Hall–Kier alpha value is -1.90. The quantitative estimate of drug-likeness (QED) is 0.838. The van der Waals surface area contributed by atoms with Crippen LogP contribution in [0.25, 0.3) is 5.69 Å². The van der Waals surface area contributed by atoms with Crippen LogP contribution in [0.1, 0.15) is 33.3 Å². The molecule has 0 fully saturated rings. The summed E-state index contributed by atoms with van der Waals surface area (Å²) in [7, 11) is 0. The minimum atomic E-state index is 0.0788. The van der Waals surface area contributed by atoms with Gasteiger partial charge in [0.25, 0.3) is 0 Å². The molecule has 1 heterocycles. The highest BCUT2D eigenvalue weighted by atomic mass is 16.1. The van der Waals surface area contributed by atoms with Gasteiger partial charge < -0.3 is 0 Å². The van der Waals surface area contributed by atoms with Crippen molar-refractivity contribution < 1.29 is 4.79 Å². The van der Waals surface area contributed by atoms with Gasteiger partial charge in [-0.05, 0) is 17.7 Å². The normalized spacial score (nSPS) is 9.95. The van der Waals surface area contributed by atoms with Gasteiger partial charge in [-0.25, -0.2) is 4.68 Å². The van der Waals surface area contributed by atoms with Crippen molar-refractivity contribution in [3.63, 3.8) is 0 Å². The van der Waals surface area contributed by atoms with E-state index in [9.17, 15) is 4.79 Å². The lowest BCUT2D eigenvalue weighted by molar-refractivity contribution is -0.121. The molecule has 0 bridgehead atoms. The van der Waals surface area contributed by atoms with Crippen LogP contribution in [-0.2, 0) is 11.2 Å². The van der Waals surface area contributed by atoms with E-state index in [1.807, 2.05) is 64.2 Å². The smallest absolute Gasteiger partial charge is 0.139 e. The van der Waals surface area contributed by atoms with E-state index in [0.717, 1.165) is 11.3 Å². The fraction of sp³-hybridized carbons (Fsp3) is 0.375. The molecule has 102 valence electrons. The van der Waals surface area contributed by atoms with Crippen LogP contribution in [0.2, 0.25) is 0 Å². The molecule has 0 aliphatic carbocycles. The van der Waals surface area contributed by atoms with Crippen LogP contribution in [-0.4, -0.2) is 15.6 Å². The first-order chi connectivity index (χ1) is 9.16. The summed E-state index contributed by atoms with van der Waals surface area (Å²) in [5.41, 5.74) is 1.98. The standard InChI is InChI=1S/C14H16N2O.C2H6/c1-11(2)14(17)8-12-9-15-16(10-12)13-6-4-3-5-7-13;1-2/h3-7,9-11H,8H2,1-2H3;1-2H3. The third kappa shape index (κ3) is 4.36. The minimum Gasteiger partial charge on any atom is -0.299 e. The second-order valence-electron chi connectivity index (χ2n) is 4.43. The van der Waals surface area contributed by atoms with Crippen molar-refractivity contribution in [3.05, 3.63) is 48.3 Å². The molecule has 0 saturated heterocycles. The summed E-state index contributed by atoms with van der Waals surface area (Å²) in [6, 6.07) is 9.88. The van der Waals surface area contributed by atoms with Crippen molar-refractivity contribution in [2.45, 2.75) is 34.1 Å². The number of carbonyl (C=O) groups excluding carboxylic acids is 1. The molecule has 0 aliphatic rings. The zero-order valence-electron chi connectivity index (χ0n) is 12.1. The lowest BCUT2D eigenvalue weighted by Gasteiger charge is -2.01. The Balaban J connectivity index is 0.000000861. The van der Waals surface area contributed by atoms with E-state index < -0.39 is 0 Å². The van der Waals surface area contributed by atoms with E-state index in [2.05, 4.69) is 5.10 Å². The average molecular weight is 258 g/mol. The van der Waals surface area contributed by atoms with E-state index in [4.69, 9.17) is 0 Å². The van der Waals surface area contributed by atoms with Crippen LogP contribution in [0.4, 0.5) is 0 Å². The second kappa shape index (κ2) is 7.52. The molecule has 3 heteroatoms. The number of para-hydroxylation sites is 1. The third-order valence-electron chi connectivity index (χ3n) is 2.68. The molecule has 0 amide bonds. The van der Waals surface area contributed by atoms with Gasteiger partial charge >= 0.3 is 0 Å². The first-order valence-electron chi connectivity index (χ1n) is 6.78. The van der Waals surface area contributed by atoms with Crippen molar-refractivity contribution in [1.82, 2.24) is 9.78 Å². The number of nitrogens with zero attached hydrogens (tertiary/aromatic N) is 2. The number of aromatic nitrogens is 2. The Morgan fingerprint density at radius 1 is 1.21 bits per heavy atom. The molecule has 2 aromatic rings. The van der Waals surface area contributed by atoms with E-state index in [1.165, 1.54) is 0 Å². The zero-order valence-corrected chi connectivity index (χ0v) is 12.1. The van der Waals surface area contributed by atoms with Crippen molar-refractivity contribution in [1.29, 1.82) is 0 Å². The largest absolute Gasteiger partial charge is 0.299 e. The maximum atomic E-state index is 11.6. The molecule has 0 radical (unpaired) electrons. The van der Waals surface area contributed by atoms with Crippen LogP contribution in [0.3, 0.4) is 0 Å². The first kappa shape index (κ1) is 15.2. The molecular formula is C16H22N2O. The summed E-state index contributed by atoms with van der Waals surface area (Å²) >= 11 is 0. The van der Waals surface area contributed by atoms with Gasteiger partial charge in [0.05, 0.1) is 11.9 Å². The fourth-order valence-electron chi connectivity index (χ4n) is 1.58. The van der Waals surface area contributed by atoms with Gasteiger partial charge in [0, 0.05) is 18.5 Å². The van der Waals surface area contributed by atoms with Gasteiger partial charge in [0.1, 0.15) is 5.78 Å². The number of benzene rings is 1. The lowest BCUT2D eigenvalue weighted by atomic mass is 10.0. The Morgan fingerprint density at radius 3 is 2.42 bits per heavy atom. The van der Waals surface area contributed by atoms with Gasteiger partial charge in [-0.2, -0.15) is 5.10 Å². The highest BCUT2D eigenvalue weighted by Crippen LogP contribution is 2.09. The number of hydrogen-bond donors (Lipinski definition) is 0. The molecule has 0 aliphatic heterocycles. The van der Waals surface area contributed by atoms with E-state index in [-0.39, 0.29) is 11.7 Å². The third-order valence-corrected chi connectivity index (χ3v) is 2.68. The van der Waals surface area contributed by atoms with Gasteiger partial charge in [-0.1, -0.05) is 45.9 Å². The molecule has 2 rings (SSSR count). The Morgan fingerprint density at radius 2 is 1.84 bits per heavy atom. The summed E-state index contributed by atoms with van der Waals surface area (Å²) in [5, 5.41) is 4.26. The SMILES string of the molecule is CC.CC(C)C(=O)Cc1cnn(-c2ccccc2)c1. The van der Waals surface area contributed by atoms with Gasteiger partial charge in [-0.3, -0.25) is 4.79 Å². The fourth-order valence-corrected chi connectivity index (χ4v) is 1.58. The lowest BCUT2D eigenvalue weighted by Crippen LogP contribution is -2.09. The summed E-state index contributed by atoms with van der Waals surface area (Å²) in [4.78, 5) is 11.6. The molecular weight excluding hydrogens is 236 g/mol. The zero-order chi connectivity index (χ0) is 14.3. The average Bonchev–Trinajstić information content (AvgIpc) is 2.90. The number of carbonyl (C=O) groups is 1. The van der Waals surface area contributed by atoms with Crippen molar-refractivity contribution in [3.8, 4) is 5.69 Å². The van der Waals surface area contributed by atoms with E-state index in [0.29, 0.717) is 6.42 Å². The minimum absolute atomic E-state index is 0.0788. The van der Waals surface area contributed by atoms with E-state index in [1.54, 1.807) is 10.9 Å². The summed E-state index contributed by atoms with van der Waals surface area (Å²) in [5.74, 6) is 0.327. The molecule has 0 spiro atoms. The number of hydrogen-bond acceptors (Lipinski definition) is 2. The summed E-state index contributed by atoms with van der Waals surface area (Å²) in [6.45, 7) is 7.84. The highest BCUT2D eigenvalue weighted by molar-refractivity contribution is 5.82. The first-order valence-corrected chi connectivity index (χ1v) is 6.78. The maximum absolute atomic E-state index is 11.6. The van der Waals surface area contributed by atoms with Crippen LogP contribution in [0.15, 0.2) is 42.7 Å². The van der Waals surface area contributed by atoms with Crippen LogP contribution in [0, 0.1) is 5.92 Å². The van der Waals surface area contributed by atoms with E-state index >= 15 is 0 Å². The number of rotatable bonds is 4. The Bertz CT molecular complexity index is 500. The molecule has 0 N–H and O–H groups in total. The molecule has 1 aromatic carbocycles. The van der Waals surface area contributed by atoms with Gasteiger partial charge in [0.15, 0.2) is 0 Å². The molecule has 1 aromatic heterocycles. The molecule has 0 atom stereocenters.